The van der Waals surface area contributed by atoms with E-state index in [2.05, 4.69) is 19.9 Å². The molecule has 18 heavy (non-hydrogen) atoms. The summed E-state index contributed by atoms with van der Waals surface area (Å²) in [5.41, 5.74) is 0. The van der Waals surface area contributed by atoms with Crippen LogP contribution in [-0.2, 0) is 9.47 Å². The molecular weight excluding hydrogens is 240 g/mol. The number of hydrogen-bond acceptors (Lipinski definition) is 2. The van der Waals surface area contributed by atoms with E-state index in [0.29, 0.717) is 0 Å². The van der Waals surface area contributed by atoms with Gasteiger partial charge in [-0.05, 0) is 26.7 Å². The topological polar surface area (TPSA) is 18.5 Å². The highest BCUT2D eigenvalue weighted by atomic mass is 28.2. The van der Waals surface area contributed by atoms with Gasteiger partial charge in [0.15, 0.2) is 0 Å². The van der Waals surface area contributed by atoms with E-state index in [-0.39, 0.29) is 5.91 Å². The lowest BCUT2D eigenvalue weighted by atomic mass is 10.2. The van der Waals surface area contributed by atoms with Gasteiger partial charge in [0.25, 0.3) is 0 Å². The molecule has 0 radical (unpaired) electrons. The van der Waals surface area contributed by atoms with Crippen molar-refractivity contribution in [3.8, 4) is 0 Å². The molecule has 3 heteroatoms. The molecule has 0 bridgehead atoms. The van der Waals surface area contributed by atoms with Crippen LogP contribution in [0.5, 0.6) is 0 Å². The third-order valence-corrected chi connectivity index (χ3v) is 4.95. The first-order valence-electron chi connectivity index (χ1n) is 7.69. The summed E-state index contributed by atoms with van der Waals surface area (Å²) in [5, 5.41) is 1.65. The second-order valence-electron chi connectivity index (χ2n) is 4.65. The number of ether oxygens (including phenoxy) is 2. The first-order valence-corrected chi connectivity index (χ1v) is 9.21. The molecule has 0 unspecified atom stereocenters. The standard InChI is InChI=1S/C15H32O2Si/c1-5-9-11-13-14(12-10-6-2)18-15(16-7-3)17-8-4/h13,15H,5-12,18H2,1-4H3. The van der Waals surface area contributed by atoms with E-state index in [9.17, 15) is 0 Å². The number of rotatable bonds is 12. The first-order chi connectivity index (χ1) is 8.78. The van der Waals surface area contributed by atoms with E-state index >= 15 is 0 Å². The maximum Gasteiger partial charge on any atom is 0.139 e. The predicted molar refractivity (Wildman–Crippen MR) is 82.7 cm³/mol. The van der Waals surface area contributed by atoms with Gasteiger partial charge in [-0.1, -0.05) is 50.8 Å². The van der Waals surface area contributed by atoms with Crippen molar-refractivity contribution in [1.82, 2.24) is 0 Å². The monoisotopic (exact) mass is 272 g/mol. The molecule has 0 N–H and O–H groups in total. The lowest BCUT2D eigenvalue weighted by Crippen LogP contribution is -2.26. The van der Waals surface area contributed by atoms with Crippen molar-refractivity contribution in [3.05, 3.63) is 11.3 Å². The smallest absolute Gasteiger partial charge is 0.139 e. The summed E-state index contributed by atoms with van der Waals surface area (Å²) in [6.45, 7) is 10.1. The SMILES string of the molecule is CCCCC=C(CCCC)[SiH2]C(OCC)OCC. The summed E-state index contributed by atoms with van der Waals surface area (Å²) in [5.74, 6) is 0.0877. The Morgan fingerprint density at radius 3 is 2.11 bits per heavy atom. The average Bonchev–Trinajstić information content (AvgIpc) is 2.36. The Bertz CT molecular complexity index is 199. The Hall–Kier alpha value is -0.123. The zero-order chi connectivity index (χ0) is 13.6. The summed E-state index contributed by atoms with van der Waals surface area (Å²) >= 11 is 0. The van der Waals surface area contributed by atoms with Crippen LogP contribution in [0.2, 0.25) is 0 Å². The summed E-state index contributed by atoms with van der Waals surface area (Å²) in [7, 11) is -0.414. The highest BCUT2D eigenvalue weighted by Gasteiger charge is 2.11. The molecule has 0 spiro atoms. The van der Waals surface area contributed by atoms with Gasteiger partial charge in [0.05, 0.1) is 0 Å². The molecule has 0 saturated heterocycles. The van der Waals surface area contributed by atoms with Crippen molar-refractivity contribution in [2.75, 3.05) is 13.2 Å². The average molecular weight is 273 g/mol. The molecular formula is C15H32O2Si. The minimum absolute atomic E-state index is 0.0877. The van der Waals surface area contributed by atoms with Crippen LogP contribution in [0.15, 0.2) is 11.3 Å². The van der Waals surface area contributed by atoms with Crippen LogP contribution in [0.4, 0.5) is 0 Å². The third kappa shape index (κ3) is 9.86. The van der Waals surface area contributed by atoms with Crippen molar-refractivity contribution < 1.29 is 9.47 Å². The van der Waals surface area contributed by atoms with Gasteiger partial charge in [-0.15, -0.1) is 0 Å². The molecule has 0 aromatic heterocycles. The normalized spacial score (nSPS) is 13.1. The summed E-state index contributed by atoms with van der Waals surface area (Å²) in [6, 6.07) is 0. The lowest BCUT2D eigenvalue weighted by Gasteiger charge is -2.18. The largest absolute Gasteiger partial charge is 0.357 e. The van der Waals surface area contributed by atoms with Gasteiger partial charge in [-0.3, -0.25) is 0 Å². The fraction of sp³-hybridized carbons (Fsp3) is 0.867. The highest BCUT2D eigenvalue weighted by Crippen LogP contribution is 2.12. The Balaban J connectivity index is 4.27. The van der Waals surface area contributed by atoms with Crippen molar-refractivity contribution in [1.29, 1.82) is 0 Å². The minimum atomic E-state index is -0.414. The lowest BCUT2D eigenvalue weighted by molar-refractivity contribution is -0.0821. The summed E-state index contributed by atoms with van der Waals surface area (Å²) in [6.07, 6.45) is 10.1. The van der Waals surface area contributed by atoms with E-state index in [4.69, 9.17) is 9.47 Å². The Labute approximate surface area is 116 Å². The van der Waals surface area contributed by atoms with Crippen molar-refractivity contribution >= 4 is 9.52 Å². The van der Waals surface area contributed by atoms with Crippen molar-refractivity contribution in [2.24, 2.45) is 0 Å². The van der Waals surface area contributed by atoms with Crippen LogP contribution in [0.3, 0.4) is 0 Å². The highest BCUT2D eigenvalue weighted by molar-refractivity contribution is 6.46. The van der Waals surface area contributed by atoms with Crippen LogP contribution >= 0.6 is 0 Å². The minimum Gasteiger partial charge on any atom is -0.357 e. The number of unbranched alkanes of at least 4 members (excludes halogenated alkanes) is 3. The third-order valence-electron chi connectivity index (χ3n) is 2.98. The molecule has 0 aliphatic rings. The van der Waals surface area contributed by atoms with E-state index in [0.717, 1.165) is 13.2 Å². The molecule has 0 atom stereocenters. The Kier molecular flexibility index (Phi) is 13.2. The van der Waals surface area contributed by atoms with Gasteiger partial charge in [-0.2, -0.15) is 0 Å². The van der Waals surface area contributed by atoms with Crippen LogP contribution in [0.1, 0.15) is 66.2 Å². The van der Waals surface area contributed by atoms with Crippen LogP contribution in [0.25, 0.3) is 0 Å². The molecule has 0 rings (SSSR count). The molecule has 0 aromatic rings. The first kappa shape index (κ1) is 17.9. The summed E-state index contributed by atoms with van der Waals surface area (Å²) in [4.78, 5) is 0. The number of allylic oxidation sites excluding steroid dienone is 2. The summed E-state index contributed by atoms with van der Waals surface area (Å²) < 4.78 is 11.4. The van der Waals surface area contributed by atoms with Gasteiger partial charge >= 0.3 is 0 Å². The molecule has 0 aromatic carbocycles. The van der Waals surface area contributed by atoms with Gasteiger partial charge in [0.1, 0.15) is 15.4 Å². The zero-order valence-electron chi connectivity index (χ0n) is 12.8. The maximum absolute atomic E-state index is 5.70. The zero-order valence-corrected chi connectivity index (χ0v) is 14.2. The molecule has 0 aliphatic heterocycles. The van der Waals surface area contributed by atoms with Crippen LogP contribution in [-0.4, -0.2) is 28.6 Å². The molecule has 0 amide bonds. The predicted octanol–water partition coefficient (Wildman–Crippen LogP) is 3.78. The Morgan fingerprint density at radius 2 is 1.61 bits per heavy atom. The van der Waals surface area contributed by atoms with E-state index < -0.39 is 9.52 Å². The van der Waals surface area contributed by atoms with Crippen LogP contribution < -0.4 is 0 Å². The van der Waals surface area contributed by atoms with E-state index in [1.807, 2.05) is 13.8 Å². The van der Waals surface area contributed by atoms with Gasteiger partial charge < -0.3 is 9.47 Å². The van der Waals surface area contributed by atoms with Gasteiger partial charge in [0, 0.05) is 13.2 Å². The molecule has 2 nitrogen and oxygen atoms in total. The maximum atomic E-state index is 5.70. The van der Waals surface area contributed by atoms with Crippen molar-refractivity contribution in [3.63, 3.8) is 0 Å². The second-order valence-corrected chi connectivity index (χ2v) is 6.64. The van der Waals surface area contributed by atoms with Crippen molar-refractivity contribution in [2.45, 2.75) is 72.1 Å². The molecule has 0 heterocycles. The molecule has 108 valence electrons. The van der Waals surface area contributed by atoms with E-state index in [1.54, 1.807) is 5.20 Å². The van der Waals surface area contributed by atoms with Crippen LogP contribution in [0, 0.1) is 0 Å². The fourth-order valence-corrected chi connectivity index (χ4v) is 3.91. The quantitative estimate of drug-likeness (QED) is 0.306. The second kappa shape index (κ2) is 13.3. The Morgan fingerprint density at radius 1 is 1.00 bits per heavy atom. The van der Waals surface area contributed by atoms with Gasteiger partial charge in [-0.25, -0.2) is 0 Å². The number of hydrogen-bond donors (Lipinski definition) is 0. The fourth-order valence-electron chi connectivity index (χ4n) is 1.95. The molecule has 0 aliphatic carbocycles. The van der Waals surface area contributed by atoms with E-state index in [1.165, 1.54) is 38.5 Å². The molecule has 0 saturated carbocycles. The van der Waals surface area contributed by atoms with Gasteiger partial charge in [0.2, 0.25) is 0 Å². The molecule has 0 fully saturated rings.